The van der Waals surface area contributed by atoms with Crippen LogP contribution < -0.4 is 0 Å². The molecule has 0 aliphatic rings. The van der Waals surface area contributed by atoms with E-state index >= 15 is 0 Å². The van der Waals surface area contributed by atoms with E-state index in [0.29, 0.717) is 29.2 Å². The van der Waals surface area contributed by atoms with Crippen molar-refractivity contribution in [3.05, 3.63) is 47.2 Å². The van der Waals surface area contributed by atoms with Gasteiger partial charge in [0, 0.05) is 23.5 Å². The fraction of sp³-hybridized carbons (Fsp3) is 0.467. The van der Waals surface area contributed by atoms with Crippen LogP contribution in [0.3, 0.4) is 0 Å². The van der Waals surface area contributed by atoms with Crippen molar-refractivity contribution in [3.8, 4) is 0 Å². The Balaban J connectivity index is 1.91. The minimum Gasteiger partial charge on any atom is -0.425 e. The molecule has 0 aliphatic carbocycles. The Morgan fingerprint density at radius 2 is 1.75 bits per heavy atom. The molecule has 0 N–H and O–H groups in total. The molecule has 1 aromatic heterocycles. The summed E-state index contributed by atoms with van der Waals surface area (Å²) in [5, 5.41) is 7.60. The molecule has 2 aromatic rings. The molecule has 4 nitrogen and oxygen atoms in total. The smallest absolute Gasteiger partial charge is 0.228 e. The minimum atomic E-state index is -1.02. The molecule has 0 saturated carbocycles. The molecule has 0 spiro atoms. The normalized spacial score (nSPS) is 12.8. The van der Waals surface area contributed by atoms with Gasteiger partial charge in [-0.1, -0.05) is 38.1 Å². The second-order valence-corrected chi connectivity index (χ2v) is 6.81. The van der Waals surface area contributed by atoms with E-state index in [9.17, 15) is 4.21 Å². The molecule has 0 bridgehead atoms. The van der Waals surface area contributed by atoms with E-state index in [1.807, 2.05) is 0 Å². The summed E-state index contributed by atoms with van der Waals surface area (Å²) in [6.45, 7) is 6.14. The lowest BCUT2D eigenvalue weighted by Crippen LogP contribution is -2.00. The van der Waals surface area contributed by atoms with E-state index in [-0.39, 0.29) is 0 Å². The lowest BCUT2D eigenvalue weighted by Gasteiger charge is -2.06. The van der Waals surface area contributed by atoms with Crippen molar-refractivity contribution in [2.75, 3.05) is 0 Å². The van der Waals surface area contributed by atoms with Gasteiger partial charge in [0.1, 0.15) is 5.75 Å². The highest BCUT2D eigenvalue weighted by atomic mass is 32.2. The summed E-state index contributed by atoms with van der Waals surface area (Å²) < 4.78 is 17.3. The van der Waals surface area contributed by atoms with Crippen molar-refractivity contribution in [1.82, 2.24) is 10.2 Å². The van der Waals surface area contributed by atoms with Gasteiger partial charge < -0.3 is 4.42 Å². The van der Waals surface area contributed by atoms with Crippen LogP contribution in [-0.2, 0) is 28.7 Å². The average molecular weight is 292 g/mol. The van der Waals surface area contributed by atoms with Crippen molar-refractivity contribution < 1.29 is 8.63 Å². The van der Waals surface area contributed by atoms with E-state index in [4.69, 9.17) is 4.42 Å². The van der Waals surface area contributed by atoms with Crippen LogP contribution in [0.25, 0.3) is 0 Å². The second-order valence-electron chi connectivity index (χ2n) is 5.36. The van der Waals surface area contributed by atoms with Crippen LogP contribution in [0.1, 0.15) is 36.8 Å². The van der Waals surface area contributed by atoms with Crippen LogP contribution in [0.2, 0.25) is 0 Å². The summed E-state index contributed by atoms with van der Waals surface area (Å²) in [5.74, 6) is 2.43. The minimum absolute atomic E-state index is 0.314. The first kappa shape index (κ1) is 14.9. The van der Waals surface area contributed by atoms with Crippen LogP contribution in [0.15, 0.2) is 28.7 Å². The van der Waals surface area contributed by atoms with E-state index in [1.54, 1.807) is 6.92 Å². The first-order valence-electron chi connectivity index (χ1n) is 6.74. The summed E-state index contributed by atoms with van der Waals surface area (Å²) in [6, 6.07) is 8.33. The monoisotopic (exact) mass is 292 g/mol. The van der Waals surface area contributed by atoms with Gasteiger partial charge in [-0.15, -0.1) is 10.2 Å². The van der Waals surface area contributed by atoms with Gasteiger partial charge in [0.15, 0.2) is 0 Å². The van der Waals surface area contributed by atoms with Crippen LogP contribution in [0, 0.1) is 12.8 Å². The zero-order chi connectivity index (χ0) is 14.5. The first-order valence-corrected chi connectivity index (χ1v) is 8.23. The Hall–Kier alpha value is -1.49. The summed E-state index contributed by atoms with van der Waals surface area (Å²) in [4.78, 5) is 0. The summed E-state index contributed by atoms with van der Waals surface area (Å²) in [5.41, 5.74) is 2.40. The fourth-order valence-electron chi connectivity index (χ4n) is 2.01. The molecule has 1 heterocycles. The number of rotatable bonds is 6. The number of nitrogens with zero attached hydrogens (tertiary/aromatic N) is 2. The SMILES string of the molecule is Cc1nnc(C[S@@](=O)Cc2ccc(CC(C)C)cc2)o1. The third kappa shape index (κ3) is 4.56. The summed E-state index contributed by atoms with van der Waals surface area (Å²) in [7, 11) is -1.02. The standard InChI is InChI=1S/C15H20N2O2S/c1-11(2)8-13-4-6-14(7-5-13)9-20(18)10-15-17-16-12(3)19-15/h4-7,11H,8-10H2,1-3H3/t20-/m0/s1. The second kappa shape index (κ2) is 6.79. The predicted octanol–water partition coefficient (Wildman–Crippen LogP) is 3.03. The van der Waals surface area contributed by atoms with Crippen molar-refractivity contribution in [2.45, 2.75) is 38.7 Å². The molecule has 1 aromatic carbocycles. The molecule has 0 unspecified atom stereocenters. The van der Waals surface area contributed by atoms with Gasteiger partial charge in [0.25, 0.3) is 0 Å². The van der Waals surface area contributed by atoms with Crippen molar-refractivity contribution >= 4 is 10.8 Å². The van der Waals surface area contributed by atoms with E-state index in [2.05, 4.69) is 48.3 Å². The van der Waals surface area contributed by atoms with Crippen LogP contribution in [-0.4, -0.2) is 14.4 Å². The van der Waals surface area contributed by atoms with E-state index in [0.717, 1.165) is 12.0 Å². The van der Waals surface area contributed by atoms with Crippen molar-refractivity contribution in [2.24, 2.45) is 5.92 Å². The molecule has 5 heteroatoms. The molecule has 20 heavy (non-hydrogen) atoms. The number of hydrogen-bond donors (Lipinski definition) is 0. The maximum absolute atomic E-state index is 12.0. The zero-order valence-corrected chi connectivity index (χ0v) is 12.9. The van der Waals surface area contributed by atoms with E-state index in [1.165, 1.54) is 5.56 Å². The Bertz CT molecular complexity index is 576. The molecule has 1 atom stereocenters. The lowest BCUT2D eigenvalue weighted by atomic mass is 10.0. The zero-order valence-electron chi connectivity index (χ0n) is 12.1. The Morgan fingerprint density at radius 1 is 1.10 bits per heavy atom. The van der Waals surface area contributed by atoms with Gasteiger partial charge in [0.2, 0.25) is 11.8 Å². The fourth-order valence-corrected chi connectivity index (χ4v) is 3.07. The van der Waals surface area contributed by atoms with Crippen LogP contribution >= 0.6 is 0 Å². The van der Waals surface area contributed by atoms with Crippen molar-refractivity contribution in [1.29, 1.82) is 0 Å². The maximum Gasteiger partial charge on any atom is 0.228 e. The highest BCUT2D eigenvalue weighted by Gasteiger charge is 2.09. The quantitative estimate of drug-likeness (QED) is 0.821. The molecule has 0 radical (unpaired) electrons. The largest absolute Gasteiger partial charge is 0.425 e. The predicted molar refractivity (Wildman–Crippen MR) is 79.6 cm³/mol. The highest BCUT2D eigenvalue weighted by molar-refractivity contribution is 7.83. The molecule has 0 aliphatic heterocycles. The molecule has 0 fully saturated rings. The molecular weight excluding hydrogens is 272 g/mol. The van der Waals surface area contributed by atoms with Crippen molar-refractivity contribution in [3.63, 3.8) is 0 Å². The average Bonchev–Trinajstić information content (AvgIpc) is 2.76. The molecule has 2 rings (SSSR count). The lowest BCUT2D eigenvalue weighted by molar-refractivity contribution is 0.483. The van der Waals surface area contributed by atoms with Crippen LogP contribution in [0.4, 0.5) is 0 Å². The Labute approximate surface area is 122 Å². The van der Waals surface area contributed by atoms with Gasteiger partial charge in [0.05, 0.1) is 0 Å². The number of hydrogen-bond acceptors (Lipinski definition) is 4. The first-order chi connectivity index (χ1) is 9.52. The van der Waals surface area contributed by atoms with Gasteiger partial charge >= 0.3 is 0 Å². The van der Waals surface area contributed by atoms with E-state index < -0.39 is 10.8 Å². The highest BCUT2D eigenvalue weighted by Crippen LogP contribution is 2.12. The van der Waals surface area contributed by atoms with Gasteiger partial charge in [-0.05, 0) is 23.5 Å². The van der Waals surface area contributed by atoms with Gasteiger partial charge in [-0.25, -0.2) is 0 Å². The summed E-state index contributed by atoms with van der Waals surface area (Å²) in [6.07, 6.45) is 1.07. The topological polar surface area (TPSA) is 56.0 Å². The third-order valence-electron chi connectivity index (χ3n) is 2.85. The Kier molecular flexibility index (Phi) is 5.06. The Morgan fingerprint density at radius 3 is 2.30 bits per heavy atom. The molecule has 0 amide bonds. The summed E-state index contributed by atoms with van der Waals surface area (Å²) >= 11 is 0. The van der Waals surface area contributed by atoms with Gasteiger partial charge in [-0.2, -0.15) is 0 Å². The molecular formula is C15H20N2O2S. The number of benzene rings is 1. The molecule has 0 saturated heterocycles. The van der Waals surface area contributed by atoms with Gasteiger partial charge in [-0.3, -0.25) is 4.21 Å². The number of aryl methyl sites for hydroxylation is 1. The molecule has 108 valence electrons. The maximum atomic E-state index is 12.0. The number of aromatic nitrogens is 2. The van der Waals surface area contributed by atoms with Crippen LogP contribution in [0.5, 0.6) is 0 Å². The third-order valence-corrected chi connectivity index (χ3v) is 4.07.